The molecule has 0 aliphatic rings. The van der Waals surface area contributed by atoms with Gasteiger partial charge in [-0.3, -0.25) is 4.79 Å². The van der Waals surface area contributed by atoms with Crippen molar-refractivity contribution in [1.29, 1.82) is 0 Å². The smallest absolute Gasteiger partial charge is 0.265 e. The number of hydrogen-bond donors (Lipinski definition) is 2. The predicted octanol–water partition coefficient (Wildman–Crippen LogP) is 4.09. The maximum absolute atomic E-state index is 12.1. The number of rotatable bonds is 4. The largest absolute Gasteiger partial charge is 0.480 e. The van der Waals surface area contributed by atoms with Crippen LogP contribution in [0, 0.1) is 0 Å². The minimum Gasteiger partial charge on any atom is -0.480 e. The SMILES string of the molecule is CC(Oc1ccccc1Br)C(=O)Nc1cc(Cl)ccc1N. The van der Waals surface area contributed by atoms with Crippen LogP contribution in [0.5, 0.6) is 5.75 Å². The minimum atomic E-state index is -0.679. The highest BCUT2D eigenvalue weighted by atomic mass is 79.9. The molecule has 0 saturated carbocycles. The van der Waals surface area contributed by atoms with E-state index in [1.807, 2.05) is 18.2 Å². The van der Waals surface area contributed by atoms with Crippen LogP contribution in [-0.4, -0.2) is 12.0 Å². The highest BCUT2D eigenvalue weighted by molar-refractivity contribution is 9.10. The Hall–Kier alpha value is -1.72. The Labute approximate surface area is 136 Å². The van der Waals surface area contributed by atoms with Gasteiger partial charge in [0.1, 0.15) is 5.75 Å². The number of para-hydroxylation sites is 1. The predicted molar refractivity (Wildman–Crippen MR) is 88.7 cm³/mol. The van der Waals surface area contributed by atoms with Gasteiger partial charge in [-0.25, -0.2) is 0 Å². The molecule has 2 rings (SSSR count). The van der Waals surface area contributed by atoms with E-state index in [2.05, 4.69) is 21.2 Å². The molecule has 0 bridgehead atoms. The summed E-state index contributed by atoms with van der Waals surface area (Å²) >= 11 is 9.25. The van der Waals surface area contributed by atoms with Gasteiger partial charge in [0.05, 0.1) is 15.8 Å². The van der Waals surface area contributed by atoms with Crippen molar-refractivity contribution in [3.8, 4) is 5.75 Å². The molecule has 2 aromatic rings. The lowest BCUT2D eigenvalue weighted by atomic mass is 10.2. The molecule has 1 unspecified atom stereocenters. The molecule has 0 heterocycles. The summed E-state index contributed by atoms with van der Waals surface area (Å²) in [6.07, 6.45) is -0.679. The van der Waals surface area contributed by atoms with E-state index in [0.717, 1.165) is 4.47 Å². The summed E-state index contributed by atoms with van der Waals surface area (Å²) in [5.41, 5.74) is 6.71. The summed E-state index contributed by atoms with van der Waals surface area (Å²) in [4.78, 5) is 12.1. The molecule has 4 nitrogen and oxygen atoms in total. The normalized spacial score (nSPS) is 11.8. The third-order valence-corrected chi connectivity index (χ3v) is 3.67. The Kier molecular flexibility index (Phi) is 5.09. The Morgan fingerprint density at radius 1 is 1.33 bits per heavy atom. The minimum absolute atomic E-state index is 0.306. The number of halogens is 2. The molecule has 0 fully saturated rings. The number of nitrogen functional groups attached to an aromatic ring is 1. The molecular formula is C15H14BrClN2O2. The molecule has 1 atom stereocenters. The number of anilines is 2. The van der Waals surface area contributed by atoms with Crippen molar-refractivity contribution < 1.29 is 9.53 Å². The fourth-order valence-electron chi connectivity index (χ4n) is 1.66. The van der Waals surface area contributed by atoms with E-state index in [0.29, 0.717) is 22.1 Å². The van der Waals surface area contributed by atoms with Gasteiger partial charge >= 0.3 is 0 Å². The van der Waals surface area contributed by atoms with Crippen LogP contribution in [0.4, 0.5) is 11.4 Å². The molecule has 21 heavy (non-hydrogen) atoms. The van der Waals surface area contributed by atoms with Crippen molar-refractivity contribution in [3.05, 3.63) is 52.0 Å². The molecule has 6 heteroatoms. The molecule has 3 N–H and O–H groups in total. The Balaban J connectivity index is 2.06. The summed E-state index contributed by atoms with van der Waals surface area (Å²) in [6.45, 7) is 1.66. The van der Waals surface area contributed by atoms with Crippen molar-refractivity contribution in [2.24, 2.45) is 0 Å². The van der Waals surface area contributed by atoms with Gasteiger partial charge in [0.2, 0.25) is 0 Å². The molecular weight excluding hydrogens is 356 g/mol. The number of nitrogens with two attached hydrogens (primary N) is 1. The number of nitrogens with one attached hydrogen (secondary N) is 1. The number of benzene rings is 2. The number of carbonyl (C=O) groups is 1. The van der Waals surface area contributed by atoms with Crippen LogP contribution in [0.15, 0.2) is 46.9 Å². The first-order valence-electron chi connectivity index (χ1n) is 6.24. The lowest BCUT2D eigenvalue weighted by molar-refractivity contribution is -0.122. The summed E-state index contributed by atoms with van der Waals surface area (Å²) < 4.78 is 6.40. The van der Waals surface area contributed by atoms with E-state index in [-0.39, 0.29) is 5.91 Å². The van der Waals surface area contributed by atoms with E-state index in [9.17, 15) is 4.79 Å². The van der Waals surface area contributed by atoms with Crippen LogP contribution in [0.25, 0.3) is 0 Å². The van der Waals surface area contributed by atoms with Crippen LogP contribution < -0.4 is 15.8 Å². The summed E-state index contributed by atoms with van der Waals surface area (Å²) in [5, 5.41) is 3.20. The topological polar surface area (TPSA) is 64.3 Å². The van der Waals surface area contributed by atoms with Crippen molar-refractivity contribution >= 4 is 44.8 Å². The van der Waals surface area contributed by atoms with Crippen molar-refractivity contribution in [1.82, 2.24) is 0 Å². The maximum atomic E-state index is 12.1. The van der Waals surface area contributed by atoms with E-state index < -0.39 is 6.10 Å². The Morgan fingerprint density at radius 3 is 2.76 bits per heavy atom. The molecule has 0 aromatic heterocycles. The number of hydrogen-bond acceptors (Lipinski definition) is 3. The van der Waals surface area contributed by atoms with Gasteiger partial charge in [-0.05, 0) is 53.2 Å². The van der Waals surface area contributed by atoms with Crippen LogP contribution in [0.3, 0.4) is 0 Å². The highest BCUT2D eigenvalue weighted by Crippen LogP contribution is 2.26. The second kappa shape index (κ2) is 6.83. The average Bonchev–Trinajstić information content (AvgIpc) is 2.45. The number of ether oxygens (including phenoxy) is 1. The Morgan fingerprint density at radius 2 is 2.05 bits per heavy atom. The zero-order chi connectivity index (χ0) is 15.4. The molecule has 0 saturated heterocycles. The second-order valence-corrected chi connectivity index (χ2v) is 5.70. The lowest BCUT2D eigenvalue weighted by Gasteiger charge is -2.16. The van der Waals surface area contributed by atoms with E-state index in [4.69, 9.17) is 22.1 Å². The standard InChI is InChI=1S/C15H14BrClN2O2/c1-9(21-14-5-3-2-4-11(14)16)15(20)19-13-8-10(17)6-7-12(13)18/h2-9H,18H2,1H3,(H,19,20). The van der Waals surface area contributed by atoms with Gasteiger partial charge in [0, 0.05) is 5.02 Å². The van der Waals surface area contributed by atoms with E-state index in [1.54, 1.807) is 31.2 Å². The number of amides is 1. The Bertz CT molecular complexity index is 664. The third kappa shape index (κ3) is 4.12. The van der Waals surface area contributed by atoms with E-state index >= 15 is 0 Å². The van der Waals surface area contributed by atoms with Gasteiger partial charge in [-0.15, -0.1) is 0 Å². The van der Waals surface area contributed by atoms with Crippen molar-refractivity contribution in [2.45, 2.75) is 13.0 Å². The van der Waals surface area contributed by atoms with Gasteiger partial charge in [0.15, 0.2) is 6.10 Å². The molecule has 0 radical (unpaired) electrons. The van der Waals surface area contributed by atoms with Crippen LogP contribution in [0.2, 0.25) is 5.02 Å². The second-order valence-electron chi connectivity index (χ2n) is 4.41. The van der Waals surface area contributed by atoms with Gasteiger partial charge < -0.3 is 15.8 Å². The zero-order valence-electron chi connectivity index (χ0n) is 11.3. The maximum Gasteiger partial charge on any atom is 0.265 e. The van der Waals surface area contributed by atoms with E-state index in [1.165, 1.54) is 0 Å². The third-order valence-electron chi connectivity index (χ3n) is 2.78. The molecule has 2 aromatic carbocycles. The first-order chi connectivity index (χ1) is 9.97. The molecule has 0 spiro atoms. The average molecular weight is 370 g/mol. The fourth-order valence-corrected chi connectivity index (χ4v) is 2.21. The lowest BCUT2D eigenvalue weighted by Crippen LogP contribution is -2.30. The fraction of sp³-hybridized carbons (Fsp3) is 0.133. The van der Waals surface area contributed by atoms with Crippen molar-refractivity contribution in [3.63, 3.8) is 0 Å². The zero-order valence-corrected chi connectivity index (χ0v) is 13.6. The summed E-state index contributed by atoms with van der Waals surface area (Å²) in [6, 6.07) is 12.2. The monoisotopic (exact) mass is 368 g/mol. The quantitative estimate of drug-likeness (QED) is 0.798. The molecule has 110 valence electrons. The first kappa shape index (κ1) is 15.7. The molecule has 0 aliphatic heterocycles. The van der Waals surface area contributed by atoms with Crippen LogP contribution in [0.1, 0.15) is 6.92 Å². The molecule has 0 aliphatic carbocycles. The van der Waals surface area contributed by atoms with Crippen LogP contribution >= 0.6 is 27.5 Å². The van der Waals surface area contributed by atoms with Gasteiger partial charge in [-0.2, -0.15) is 0 Å². The molecule has 1 amide bonds. The number of carbonyl (C=O) groups excluding carboxylic acids is 1. The summed E-state index contributed by atoms with van der Waals surface area (Å²) in [7, 11) is 0. The van der Waals surface area contributed by atoms with Gasteiger partial charge in [-0.1, -0.05) is 23.7 Å². The highest BCUT2D eigenvalue weighted by Gasteiger charge is 2.17. The van der Waals surface area contributed by atoms with Crippen LogP contribution in [-0.2, 0) is 4.79 Å². The van der Waals surface area contributed by atoms with Crippen molar-refractivity contribution in [2.75, 3.05) is 11.1 Å². The first-order valence-corrected chi connectivity index (χ1v) is 7.41. The summed E-state index contributed by atoms with van der Waals surface area (Å²) in [5.74, 6) is 0.291. The van der Waals surface area contributed by atoms with Gasteiger partial charge in [0.25, 0.3) is 5.91 Å².